The van der Waals surface area contributed by atoms with Crippen LogP contribution in [0, 0.1) is 0 Å². The van der Waals surface area contributed by atoms with Crippen molar-refractivity contribution in [3.05, 3.63) is 78.1 Å². The molecule has 178 valence electrons. The van der Waals surface area contributed by atoms with Gasteiger partial charge in [0.25, 0.3) is 0 Å². The molecule has 9 nitrogen and oxygen atoms in total. The Morgan fingerprint density at radius 2 is 2.03 bits per heavy atom. The van der Waals surface area contributed by atoms with Gasteiger partial charge in [-0.25, -0.2) is 0 Å². The van der Waals surface area contributed by atoms with Gasteiger partial charge in [-0.15, -0.1) is 24.0 Å². The number of nitrogens with zero attached hydrogens (tertiary/aromatic N) is 3. The van der Waals surface area contributed by atoms with Gasteiger partial charge in [0.05, 0.1) is 0 Å². The van der Waals surface area contributed by atoms with E-state index in [1.807, 2.05) is 48.5 Å². The molecule has 34 heavy (non-hydrogen) atoms. The van der Waals surface area contributed by atoms with Gasteiger partial charge < -0.3 is 21.3 Å². The largest absolute Gasteiger partial charge is 0.356 e. The number of carbonyl (C=O) groups is 2. The molecular weight excluding hydrogens is 545 g/mol. The summed E-state index contributed by atoms with van der Waals surface area (Å²) in [5.74, 6) is 0.598. The minimum Gasteiger partial charge on any atom is -0.356 e. The fourth-order valence-electron chi connectivity index (χ4n) is 3.81. The third-order valence-corrected chi connectivity index (χ3v) is 5.38. The Morgan fingerprint density at radius 1 is 1.18 bits per heavy atom. The Kier molecular flexibility index (Phi) is 9.02. The zero-order valence-electron chi connectivity index (χ0n) is 18.8. The summed E-state index contributed by atoms with van der Waals surface area (Å²) >= 11 is 0. The average Bonchev–Trinajstić information content (AvgIpc) is 3.32. The Bertz CT molecular complexity index is 1150. The monoisotopic (exact) mass is 573 g/mol. The molecule has 10 heteroatoms. The van der Waals surface area contributed by atoms with E-state index in [-0.39, 0.29) is 48.3 Å². The zero-order chi connectivity index (χ0) is 23.0. The van der Waals surface area contributed by atoms with Crippen molar-refractivity contribution in [3.8, 4) is 0 Å². The van der Waals surface area contributed by atoms with Crippen molar-refractivity contribution in [1.82, 2.24) is 20.4 Å². The molecule has 2 aromatic carbocycles. The Hall–Kier alpha value is -3.41. The number of aliphatic imine (C=N–C) groups is 1. The van der Waals surface area contributed by atoms with E-state index in [9.17, 15) is 9.59 Å². The summed E-state index contributed by atoms with van der Waals surface area (Å²) < 4.78 is 1.57. The SMILES string of the molecule is CN=C(NCc1cccc(NC(=O)Cn2cccn2)c1)NCC1CC(=O)Nc2ccccc21.I. The van der Waals surface area contributed by atoms with Crippen LogP contribution in [0.2, 0.25) is 0 Å². The Morgan fingerprint density at radius 3 is 2.82 bits per heavy atom. The second kappa shape index (κ2) is 12.2. The summed E-state index contributed by atoms with van der Waals surface area (Å²) in [4.78, 5) is 28.5. The number of benzene rings is 2. The Labute approximate surface area is 215 Å². The lowest BCUT2D eigenvalue weighted by Gasteiger charge is -2.26. The standard InChI is InChI=1S/C24H27N7O2.HI/c1-25-24(27-15-18-13-22(32)30-21-9-3-2-8-20(18)21)26-14-17-6-4-7-19(12-17)29-23(33)16-31-11-5-10-28-31;/h2-12,18H,13-16H2,1H3,(H,29,33)(H,30,32)(H2,25,26,27);1H. The van der Waals surface area contributed by atoms with E-state index in [1.54, 1.807) is 30.2 Å². The van der Waals surface area contributed by atoms with Gasteiger partial charge in [0.1, 0.15) is 6.54 Å². The summed E-state index contributed by atoms with van der Waals surface area (Å²) in [6.07, 6.45) is 3.82. The van der Waals surface area contributed by atoms with Crippen molar-refractivity contribution in [2.24, 2.45) is 4.99 Å². The van der Waals surface area contributed by atoms with E-state index in [0.29, 0.717) is 25.5 Å². The second-order valence-corrected chi connectivity index (χ2v) is 7.80. The molecule has 0 spiro atoms. The van der Waals surface area contributed by atoms with Crippen molar-refractivity contribution in [2.75, 3.05) is 24.2 Å². The van der Waals surface area contributed by atoms with Gasteiger partial charge in [0.2, 0.25) is 11.8 Å². The van der Waals surface area contributed by atoms with E-state index in [2.05, 4.69) is 31.4 Å². The van der Waals surface area contributed by atoms with E-state index < -0.39 is 0 Å². The predicted octanol–water partition coefficient (Wildman–Crippen LogP) is 2.93. The number of guanidine groups is 1. The van der Waals surface area contributed by atoms with Crippen molar-refractivity contribution in [1.29, 1.82) is 0 Å². The first-order chi connectivity index (χ1) is 16.1. The van der Waals surface area contributed by atoms with Crippen LogP contribution < -0.4 is 21.3 Å². The molecule has 1 unspecified atom stereocenters. The number of fused-ring (bicyclic) bond motifs is 1. The van der Waals surface area contributed by atoms with Crippen LogP contribution in [0.3, 0.4) is 0 Å². The summed E-state index contributed by atoms with van der Waals surface area (Å²) in [6, 6.07) is 17.3. The fourth-order valence-corrected chi connectivity index (χ4v) is 3.81. The van der Waals surface area contributed by atoms with Crippen LogP contribution in [0.4, 0.5) is 11.4 Å². The van der Waals surface area contributed by atoms with Gasteiger partial charge in [-0.05, 0) is 35.4 Å². The molecule has 0 radical (unpaired) electrons. The number of aromatic nitrogens is 2. The highest BCUT2D eigenvalue weighted by Gasteiger charge is 2.24. The Balaban J connectivity index is 0.00000324. The van der Waals surface area contributed by atoms with Crippen LogP contribution in [0.1, 0.15) is 23.5 Å². The molecule has 4 rings (SSSR count). The lowest BCUT2D eigenvalue weighted by atomic mass is 9.90. The molecule has 0 saturated heterocycles. The number of halogens is 1. The number of rotatable bonds is 7. The highest BCUT2D eigenvalue weighted by Crippen LogP contribution is 2.31. The van der Waals surface area contributed by atoms with E-state index in [0.717, 1.165) is 22.5 Å². The smallest absolute Gasteiger partial charge is 0.246 e. The maximum Gasteiger partial charge on any atom is 0.246 e. The highest BCUT2D eigenvalue weighted by atomic mass is 127. The summed E-state index contributed by atoms with van der Waals surface area (Å²) in [5.41, 5.74) is 3.71. The third-order valence-electron chi connectivity index (χ3n) is 5.38. The number of hydrogen-bond donors (Lipinski definition) is 4. The molecule has 3 aromatic rings. The maximum absolute atomic E-state index is 12.2. The topological polar surface area (TPSA) is 112 Å². The molecule has 0 bridgehead atoms. The number of carbonyl (C=O) groups excluding carboxylic acids is 2. The van der Waals surface area contributed by atoms with E-state index >= 15 is 0 Å². The van der Waals surface area contributed by atoms with Crippen molar-refractivity contribution in [2.45, 2.75) is 25.4 Å². The van der Waals surface area contributed by atoms with E-state index in [1.165, 1.54) is 0 Å². The first kappa shape index (κ1) is 25.2. The lowest BCUT2D eigenvalue weighted by Crippen LogP contribution is -2.40. The molecule has 1 aromatic heterocycles. The van der Waals surface area contributed by atoms with Crippen LogP contribution in [0.25, 0.3) is 0 Å². The molecule has 1 atom stereocenters. The number of nitrogens with one attached hydrogen (secondary N) is 4. The second-order valence-electron chi connectivity index (χ2n) is 7.80. The van der Waals surface area contributed by atoms with Gasteiger partial charge in [0, 0.05) is 56.2 Å². The van der Waals surface area contributed by atoms with Gasteiger partial charge in [-0.2, -0.15) is 5.10 Å². The number of hydrogen-bond acceptors (Lipinski definition) is 4. The van der Waals surface area contributed by atoms with Crippen molar-refractivity contribution >= 4 is 53.1 Å². The summed E-state index contributed by atoms with van der Waals surface area (Å²) in [7, 11) is 1.71. The van der Waals surface area contributed by atoms with Crippen LogP contribution in [0.15, 0.2) is 72.0 Å². The fraction of sp³-hybridized carbons (Fsp3) is 0.250. The van der Waals surface area contributed by atoms with E-state index in [4.69, 9.17) is 0 Å². The molecule has 0 fully saturated rings. The average molecular weight is 573 g/mol. The van der Waals surface area contributed by atoms with Gasteiger partial charge >= 0.3 is 0 Å². The molecule has 2 amide bonds. The molecule has 0 aliphatic carbocycles. The molecule has 4 N–H and O–H groups in total. The van der Waals surface area contributed by atoms with Gasteiger partial charge in [-0.3, -0.25) is 19.3 Å². The zero-order valence-corrected chi connectivity index (χ0v) is 21.2. The minimum atomic E-state index is -0.141. The predicted molar refractivity (Wildman–Crippen MR) is 143 cm³/mol. The molecule has 0 saturated carbocycles. The number of para-hydroxylation sites is 1. The first-order valence-corrected chi connectivity index (χ1v) is 10.8. The molecule has 1 aliphatic rings. The van der Waals surface area contributed by atoms with Crippen LogP contribution >= 0.6 is 24.0 Å². The number of anilines is 2. The first-order valence-electron chi connectivity index (χ1n) is 10.8. The lowest BCUT2D eigenvalue weighted by molar-refractivity contribution is -0.117. The van der Waals surface area contributed by atoms with Crippen molar-refractivity contribution < 1.29 is 9.59 Å². The van der Waals surface area contributed by atoms with Crippen molar-refractivity contribution in [3.63, 3.8) is 0 Å². The third kappa shape index (κ3) is 6.80. The molecule has 2 heterocycles. The number of amides is 2. The van der Waals surface area contributed by atoms with Crippen LogP contribution in [-0.2, 0) is 22.7 Å². The quantitative estimate of drug-likeness (QED) is 0.197. The molecule has 1 aliphatic heterocycles. The van der Waals surface area contributed by atoms with Crippen LogP contribution in [0.5, 0.6) is 0 Å². The summed E-state index contributed by atoms with van der Waals surface area (Å²) in [6.45, 7) is 1.28. The van der Waals surface area contributed by atoms with Gasteiger partial charge in [-0.1, -0.05) is 30.3 Å². The maximum atomic E-state index is 12.2. The normalized spacial score (nSPS) is 14.9. The highest BCUT2D eigenvalue weighted by molar-refractivity contribution is 14.0. The minimum absolute atomic E-state index is 0. The summed E-state index contributed by atoms with van der Waals surface area (Å²) in [5, 5.41) is 16.5. The molecular formula is C24H28IN7O2. The van der Waals surface area contributed by atoms with Gasteiger partial charge in [0.15, 0.2) is 5.96 Å². The van der Waals surface area contributed by atoms with Crippen LogP contribution in [-0.4, -0.2) is 41.1 Å².